The zero-order valence-corrected chi connectivity index (χ0v) is 15.6. The van der Waals surface area contributed by atoms with Crippen molar-refractivity contribution in [3.63, 3.8) is 0 Å². The molecule has 0 atom stereocenters. The van der Waals surface area contributed by atoms with Gasteiger partial charge in [-0.2, -0.15) is 9.97 Å². The van der Waals surface area contributed by atoms with Crippen LogP contribution < -0.4 is 14.4 Å². The Bertz CT molecular complexity index is 767. The molecule has 0 spiro atoms. The predicted octanol–water partition coefficient (Wildman–Crippen LogP) is 2.06. The highest BCUT2D eigenvalue weighted by Crippen LogP contribution is 2.23. The summed E-state index contributed by atoms with van der Waals surface area (Å²) in [6, 6.07) is 3.85. The van der Waals surface area contributed by atoms with E-state index in [-0.39, 0.29) is 11.9 Å². The Hall–Kier alpha value is -2.77. The van der Waals surface area contributed by atoms with Gasteiger partial charge < -0.3 is 23.7 Å². The van der Waals surface area contributed by atoms with Crippen LogP contribution in [0.2, 0.25) is 0 Å². The van der Waals surface area contributed by atoms with Crippen molar-refractivity contribution >= 4 is 11.7 Å². The van der Waals surface area contributed by atoms with E-state index in [1.165, 1.54) is 7.11 Å². The summed E-state index contributed by atoms with van der Waals surface area (Å²) < 4.78 is 15.9. The van der Waals surface area contributed by atoms with Crippen LogP contribution in [-0.2, 0) is 0 Å². The lowest BCUT2D eigenvalue weighted by molar-refractivity contribution is 0.0765. The Morgan fingerprint density at radius 1 is 1.08 bits per heavy atom. The summed E-state index contributed by atoms with van der Waals surface area (Å²) in [4.78, 5) is 25.3. The Kier molecular flexibility index (Phi) is 5.29. The van der Waals surface area contributed by atoms with Gasteiger partial charge in [-0.25, -0.2) is 0 Å². The fraction of sp³-hybridized carbons (Fsp3) is 0.500. The molecule has 1 amide bonds. The van der Waals surface area contributed by atoms with E-state index in [1.54, 1.807) is 19.2 Å². The van der Waals surface area contributed by atoms with Gasteiger partial charge in [-0.15, -0.1) is 0 Å². The van der Waals surface area contributed by atoms with Crippen molar-refractivity contribution in [1.29, 1.82) is 0 Å². The molecule has 0 N–H and O–H groups in total. The topological polar surface area (TPSA) is 80.9 Å². The van der Waals surface area contributed by atoms with Crippen molar-refractivity contribution in [1.82, 2.24) is 14.9 Å². The van der Waals surface area contributed by atoms with E-state index < -0.39 is 0 Å². The molecular weight excluding hydrogens is 336 g/mol. The third kappa shape index (κ3) is 3.74. The second kappa shape index (κ2) is 7.63. The minimum absolute atomic E-state index is 0.0130. The molecule has 0 bridgehead atoms. The Morgan fingerprint density at radius 2 is 1.88 bits per heavy atom. The summed E-state index contributed by atoms with van der Waals surface area (Å²) in [5.74, 6) is 2.62. The zero-order chi connectivity index (χ0) is 18.7. The Balaban J connectivity index is 1.74. The fourth-order valence-electron chi connectivity index (χ4n) is 3.11. The van der Waals surface area contributed by atoms with Gasteiger partial charge in [0.05, 0.1) is 19.8 Å². The number of nitrogens with zero attached hydrogens (tertiary/aromatic N) is 4. The molecule has 8 heteroatoms. The maximum atomic E-state index is 12.8. The summed E-state index contributed by atoms with van der Waals surface area (Å²) in [5.41, 5.74) is 0.640. The van der Waals surface area contributed by atoms with Crippen molar-refractivity contribution in [2.24, 2.45) is 0 Å². The van der Waals surface area contributed by atoms with Crippen LogP contribution in [0.15, 0.2) is 16.5 Å². The second-order valence-corrected chi connectivity index (χ2v) is 6.21. The number of aryl methyl sites for hydroxylation is 2. The highest BCUT2D eigenvalue weighted by molar-refractivity contribution is 5.95. The van der Waals surface area contributed by atoms with Gasteiger partial charge in [0.2, 0.25) is 5.88 Å². The van der Waals surface area contributed by atoms with Gasteiger partial charge in [-0.05, 0) is 26.3 Å². The molecular formula is C18H24N4O4. The molecule has 1 aliphatic rings. The Morgan fingerprint density at radius 3 is 2.54 bits per heavy atom. The number of amides is 1. The summed E-state index contributed by atoms with van der Waals surface area (Å²) in [6.07, 6.45) is 0.844. The monoisotopic (exact) mass is 360 g/mol. The van der Waals surface area contributed by atoms with Crippen molar-refractivity contribution in [3.05, 3.63) is 29.2 Å². The summed E-state index contributed by atoms with van der Waals surface area (Å²) >= 11 is 0. The third-order valence-electron chi connectivity index (χ3n) is 4.44. The van der Waals surface area contributed by atoms with Gasteiger partial charge in [0.15, 0.2) is 0 Å². The smallest absolute Gasteiger partial charge is 0.321 e. The quantitative estimate of drug-likeness (QED) is 0.825. The lowest BCUT2D eigenvalue weighted by atomic mass is 10.2. The molecule has 1 aliphatic heterocycles. The number of rotatable bonds is 4. The SMILES string of the molecule is COc1cc(N2CCCN(C(=O)c3cc(C)oc3C)CC2)nc(OC)n1. The average Bonchev–Trinajstić information content (AvgIpc) is 2.85. The van der Waals surface area contributed by atoms with Gasteiger partial charge in [0.25, 0.3) is 5.91 Å². The molecule has 3 heterocycles. The summed E-state index contributed by atoms with van der Waals surface area (Å²) in [7, 11) is 3.08. The Labute approximate surface area is 152 Å². The van der Waals surface area contributed by atoms with Gasteiger partial charge in [-0.3, -0.25) is 4.79 Å². The molecule has 0 aliphatic carbocycles. The van der Waals surface area contributed by atoms with Crippen molar-refractivity contribution in [2.75, 3.05) is 45.3 Å². The number of aromatic nitrogens is 2. The number of ether oxygens (including phenoxy) is 2. The molecule has 26 heavy (non-hydrogen) atoms. The summed E-state index contributed by atoms with van der Waals surface area (Å²) in [6.45, 7) is 6.44. The second-order valence-electron chi connectivity index (χ2n) is 6.21. The van der Waals surface area contributed by atoms with Crippen molar-refractivity contribution in [2.45, 2.75) is 20.3 Å². The first kappa shape index (κ1) is 18.0. The van der Waals surface area contributed by atoms with E-state index in [4.69, 9.17) is 13.9 Å². The van der Waals surface area contributed by atoms with Crippen LogP contribution in [0.3, 0.4) is 0 Å². The van der Waals surface area contributed by atoms with Gasteiger partial charge in [0.1, 0.15) is 17.3 Å². The highest BCUT2D eigenvalue weighted by atomic mass is 16.5. The number of hydrogen-bond acceptors (Lipinski definition) is 7. The fourth-order valence-corrected chi connectivity index (χ4v) is 3.11. The molecule has 1 fully saturated rings. The normalized spacial score (nSPS) is 14.9. The number of carbonyl (C=O) groups is 1. The van der Waals surface area contributed by atoms with E-state index >= 15 is 0 Å². The molecule has 140 valence electrons. The lowest BCUT2D eigenvalue weighted by Gasteiger charge is -2.23. The molecule has 2 aromatic heterocycles. The first-order chi connectivity index (χ1) is 12.5. The minimum Gasteiger partial charge on any atom is -0.481 e. The maximum Gasteiger partial charge on any atom is 0.321 e. The molecule has 2 aromatic rings. The number of hydrogen-bond donors (Lipinski definition) is 0. The predicted molar refractivity (Wildman–Crippen MR) is 96.1 cm³/mol. The van der Waals surface area contributed by atoms with E-state index in [0.717, 1.165) is 24.5 Å². The van der Waals surface area contributed by atoms with Crippen LogP contribution in [0, 0.1) is 13.8 Å². The zero-order valence-electron chi connectivity index (χ0n) is 15.6. The number of methoxy groups -OCH3 is 2. The van der Waals surface area contributed by atoms with Crippen LogP contribution in [-0.4, -0.2) is 61.2 Å². The summed E-state index contributed by atoms with van der Waals surface area (Å²) in [5, 5.41) is 0. The molecule has 1 saturated heterocycles. The van der Waals surface area contributed by atoms with Gasteiger partial charge >= 0.3 is 6.01 Å². The third-order valence-corrected chi connectivity index (χ3v) is 4.44. The van der Waals surface area contributed by atoms with Crippen molar-refractivity contribution < 1.29 is 18.7 Å². The van der Waals surface area contributed by atoms with Gasteiger partial charge in [0, 0.05) is 32.2 Å². The molecule has 8 nitrogen and oxygen atoms in total. The first-order valence-corrected chi connectivity index (χ1v) is 8.60. The van der Waals surface area contributed by atoms with Crippen LogP contribution in [0.25, 0.3) is 0 Å². The highest BCUT2D eigenvalue weighted by Gasteiger charge is 2.24. The van der Waals surface area contributed by atoms with Crippen LogP contribution >= 0.6 is 0 Å². The minimum atomic E-state index is 0.0130. The number of carbonyl (C=O) groups excluding carboxylic acids is 1. The molecule has 3 rings (SSSR count). The lowest BCUT2D eigenvalue weighted by Crippen LogP contribution is -2.35. The van der Waals surface area contributed by atoms with E-state index in [0.29, 0.717) is 36.8 Å². The molecule has 0 unspecified atom stereocenters. The molecule has 0 radical (unpaired) electrons. The number of anilines is 1. The van der Waals surface area contributed by atoms with Gasteiger partial charge in [-0.1, -0.05) is 0 Å². The van der Waals surface area contributed by atoms with E-state index in [1.807, 2.05) is 18.7 Å². The molecule has 0 aromatic carbocycles. The van der Waals surface area contributed by atoms with Crippen LogP contribution in [0.4, 0.5) is 5.82 Å². The van der Waals surface area contributed by atoms with Crippen molar-refractivity contribution in [3.8, 4) is 11.9 Å². The van der Waals surface area contributed by atoms with E-state index in [9.17, 15) is 4.79 Å². The average molecular weight is 360 g/mol. The first-order valence-electron chi connectivity index (χ1n) is 8.60. The molecule has 0 saturated carbocycles. The number of furan rings is 1. The van der Waals surface area contributed by atoms with Crippen LogP contribution in [0.1, 0.15) is 28.3 Å². The van der Waals surface area contributed by atoms with E-state index in [2.05, 4.69) is 14.9 Å². The largest absolute Gasteiger partial charge is 0.481 e. The maximum absolute atomic E-state index is 12.8. The van der Waals surface area contributed by atoms with Crippen LogP contribution in [0.5, 0.6) is 11.9 Å². The standard InChI is InChI=1S/C18H24N4O4/c1-12-10-14(13(2)26-12)17(23)22-7-5-6-21(8-9-22)15-11-16(24-3)20-18(19-15)25-4/h10-11H,5-9H2,1-4H3.